The molecular weight excluding hydrogens is 235 g/mol. The Morgan fingerprint density at radius 1 is 1.50 bits per heavy atom. The fraction of sp³-hybridized carbons (Fsp3) is 0.462. The first-order valence-corrected chi connectivity index (χ1v) is 5.81. The van der Waals surface area contributed by atoms with Crippen molar-refractivity contribution in [3.63, 3.8) is 0 Å². The third kappa shape index (κ3) is 3.23. The monoisotopic (exact) mass is 250 g/mol. The first-order valence-electron chi connectivity index (χ1n) is 5.81. The molecule has 1 aliphatic heterocycles. The Labute approximate surface area is 105 Å². The Balaban J connectivity index is 2.01. The van der Waals surface area contributed by atoms with Crippen LogP contribution in [0.4, 0.5) is 4.39 Å². The molecule has 1 unspecified atom stereocenters. The zero-order valence-corrected chi connectivity index (χ0v) is 10.2. The van der Waals surface area contributed by atoms with Gasteiger partial charge in [0.2, 0.25) is 6.08 Å². The van der Waals surface area contributed by atoms with Crippen LogP contribution in [-0.4, -0.2) is 36.4 Å². The highest BCUT2D eigenvalue weighted by Gasteiger charge is 2.31. The first kappa shape index (κ1) is 12.9. The molecule has 1 aliphatic rings. The normalized spacial score (nSPS) is 24.6. The van der Waals surface area contributed by atoms with Gasteiger partial charge in [-0.2, -0.15) is 4.99 Å². The second-order valence-corrected chi connectivity index (χ2v) is 4.56. The van der Waals surface area contributed by atoms with Crippen LogP contribution in [-0.2, 0) is 16.1 Å². The van der Waals surface area contributed by atoms with Gasteiger partial charge in [0.15, 0.2) is 5.72 Å². The van der Waals surface area contributed by atoms with Gasteiger partial charge in [0.05, 0.1) is 6.61 Å². The molecule has 1 heterocycles. The van der Waals surface area contributed by atoms with Crippen molar-refractivity contribution >= 4 is 6.08 Å². The van der Waals surface area contributed by atoms with E-state index in [-0.39, 0.29) is 5.82 Å². The largest absolute Gasteiger partial charge is 0.351 e. The van der Waals surface area contributed by atoms with Crippen LogP contribution < -0.4 is 0 Å². The van der Waals surface area contributed by atoms with E-state index in [0.717, 1.165) is 12.1 Å². The lowest BCUT2D eigenvalue weighted by atomic mass is 10.1. The summed E-state index contributed by atoms with van der Waals surface area (Å²) in [6.07, 6.45) is 1.54. The minimum absolute atomic E-state index is 0.240. The number of benzene rings is 1. The Bertz CT molecular complexity index is 457. The number of ether oxygens (including phenoxy) is 1. The SMILES string of the molecule is CC1(N=C=O)CN(Cc2ccc(F)cc2)CCO1. The smallest absolute Gasteiger partial charge is 0.238 e. The van der Waals surface area contributed by atoms with E-state index < -0.39 is 5.72 Å². The number of nitrogens with zero attached hydrogens (tertiary/aromatic N) is 2. The van der Waals surface area contributed by atoms with Crippen LogP contribution in [0.1, 0.15) is 12.5 Å². The molecule has 0 spiro atoms. The van der Waals surface area contributed by atoms with Crippen molar-refractivity contribution in [1.29, 1.82) is 0 Å². The van der Waals surface area contributed by atoms with Crippen molar-refractivity contribution in [1.82, 2.24) is 4.90 Å². The molecule has 0 aliphatic carbocycles. The van der Waals surface area contributed by atoms with Crippen LogP contribution in [0.5, 0.6) is 0 Å². The highest BCUT2D eigenvalue weighted by atomic mass is 19.1. The molecule has 0 saturated carbocycles. The zero-order valence-electron chi connectivity index (χ0n) is 10.2. The Morgan fingerprint density at radius 2 is 2.22 bits per heavy atom. The van der Waals surface area contributed by atoms with Crippen LogP contribution >= 0.6 is 0 Å². The van der Waals surface area contributed by atoms with Crippen molar-refractivity contribution < 1.29 is 13.9 Å². The van der Waals surface area contributed by atoms with E-state index in [1.165, 1.54) is 12.1 Å². The van der Waals surface area contributed by atoms with Gasteiger partial charge >= 0.3 is 0 Å². The molecule has 1 saturated heterocycles. The number of hydrogen-bond acceptors (Lipinski definition) is 4. The molecular formula is C13H15FN2O2. The van der Waals surface area contributed by atoms with Crippen LogP contribution in [0.15, 0.2) is 29.3 Å². The third-order valence-corrected chi connectivity index (χ3v) is 2.94. The number of carbonyl (C=O) groups excluding carboxylic acids is 1. The summed E-state index contributed by atoms with van der Waals surface area (Å²) >= 11 is 0. The molecule has 1 aromatic carbocycles. The van der Waals surface area contributed by atoms with E-state index in [4.69, 9.17) is 4.74 Å². The number of isocyanates is 1. The molecule has 96 valence electrons. The number of aliphatic imine (C=N–C) groups is 1. The van der Waals surface area contributed by atoms with Crippen LogP contribution in [0.3, 0.4) is 0 Å². The van der Waals surface area contributed by atoms with Gasteiger partial charge in [-0.15, -0.1) is 0 Å². The summed E-state index contributed by atoms with van der Waals surface area (Å²) in [4.78, 5) is 16.2. The number of halogens is 1. The van der Waals surface area contributed by atoms with E-state index in [9.17, 15) is 9.18 Å². The standard InChI is InChI=1S/C13H15FN2O2/c1-13(15-10-17)9-16(6-7-18-13)8-11-2-4-12(14)5-3-11/h2-5H,6-9H2,1H3. The van der Waals surface area contributed by atoms with Crippen molar-refractivity contribution in [3.8, 4) is 0 Å². The molecule has 1 atom stereocenters. The summed E-state index contributed by atoms with van der Waals surface area (Å²) < 4.78 is 18.3. The van der Waals surface area contributed by atoms with E-state index >= 15 is 0 Å². The highest BCUT2D eigenvalue weighted by Crippen LogP contribution is 2.20. The molecule has 2 rings (SSSR count). The van der Waals surface area contributed by atoms with Gasteiger partial charge in [0.1, 0.15) is 5.82 Å². The fourth-order valence-corrected chi connectivity index (χ4v) is 2.08. The quantitative estimate of drug-likeness (QED) is 0.606. The Kier molecular flexibility index (Phi) is 3.87. The van der Waals surface area contributed by atoms with Crippen molar-refractivity contribution in [2.75, 3.05) is 19.7 Å². The fourth-order valence-electron chi connectivity index (χ4n) is 2.08. The molecule has 18 heavy (non-hydrogen) atoms. The first-order chi connectivity index (χ1) is 8.61. The van der Waals surface area contributed by atoms with E-state index in [0.29, 0.717) is 19.7 Å². The zero-order chi connectivity index (χ0) is 13.0. The van der Waals surface area contributed by atoms with Crippen molar-refractivity contribution in [3.05, 3.63) is 35.6 Å². The maximum absolute atomic E-state index is 12.8. The minimum Gasteiger partial charge on any atom is -0.351 e. The van der Waals surface area contributed by atoms with E-state index in [1.54, 1.807) is 25.1 Å². The third-order valence-electron chi connectivity index (χ3n) is 2.94. The van der Waals surface area contributed by atoms with Crippen LogP contribution in [0.2, 0.25) is 0 Å². The van der Waals surface area contributed by atoms with Crippen molar-refractivity contribution in [2.24, 2.45) is 4.99 Å². The number of morpholine rings is 1. The summed E-state index contributed by atoms with van der Waals surface area (Å²) in [5.41, 5.74) is 0.204. The molecule has 1 fully saturated rings. The van der Waals surface area contributed by atoms with Gasteiger partial charge in [0, 0.05) is 19.6 Å². The molecule has 5 heteroatoms. The van der Waals surface area contributed by atoms with Gasteiger partial charge in [-0.3, -0.25) is 4.90 Å². The van der Waals surface area contributed by atoms with Crippen LogP contribution in [0.25, 0.3) is 0 Å². The second-order valence-electron chi connectivity index (χ2n) is 4.56. The number of rotatable bonds is 3. The van der Waals surface area contributed by atoms with Gasteiger partial charge < -0.3 is 4.74 Å². The maximum Gasteiger partial charge on any atom is 0.238 e. The van der Waals surface area contributed by atoms with E-state index in [2.05, 4.69) is 9.89 Å². The van der Waals surface area contributed by atoms with Crippen LogP contribution in [0, 0.1) is 5.82 Å². The summed E-state index contributed by atoms with van der Waals surface area (Å²) in [7, 11) is 0. The second kappa shape index (κ2) is 5.40. The molecule has 0 amide bonds. The lowest BCUT2D eigenvalue weighted by Gasteiger charge is -2.36. The van der Waals surface area contributed by atoms with Crippen molar-refractivity contribution in [2.45, 2.75) is 19.2 Å². The lowest BCUT2D eigenvalue weighted by Crippen LogP contribution is -2.48. The average Bonchev–Trinajstić information content (AvgIpc) is 2.32. The predicted molar refractivity (Wildman–Crippen MR) is 64.2 cm³/mol. The Morgan fingerprint density at radius 3 is 2.89 bits per heavy atom. The lowest BCUT2D eigenvalue weighted by molar-refractivity contribution is -0.0941. The summed E-state index contributed by atoms with van der Waals surface area (Å²) in [6, 6.07) is 6.40. The van der Waals surface area contributed by atoms with E-state index in [1.807, 2.05) is 0 Å². The predicted octanol–water partition coefficient (Wildman–Crippen LogP) is 1.71. The Hall–Kier alpha value is -1.55. The highest BCUT2D eigenvalue weighted by molar-refractivity contribution is 5.34. The topological polar surface area (TPSA) is 41.9 Å². The summed E-state index contributed by atoms with van der Waals surface area (Å²) in [6.45, 7) is 4.26. The minimum atomic E-state index is -0.819. The average molecular weight is 250 g/mol. The molecule has 0 radical (unpaired) electrons. The van der Waals surface area contributed by atoms with Gasteiger partial charge in [-0.1, -0.05) is 12.1 Å². The molecule has 0 aromatic heterocycles. The van der Waals surface area contributed by atoms with Gasteiger partial charge in [0.25, 0.3) is 0 Å². The molecule has 4 nitrogen and oxygen atoms in total. The molecule has 0 bridgehead atoms. The number of hydrogen-bond donors (Lipinski definition) is 0. The summed E-state index contributed by atoms with van der Waals surface area (Å²) in [5, 5.41) is 0. The van der Waals surface area contributed by atoms with Gasteiger partial charge in [-0.05, 0) is 24.6 Å². The molecule has 1 aromatic rings. The van der Waals surface area contributed by atoms with Gasteiger partial charge in [-0.25, -0.2) is 9.18 Å². The summed E-state index contributed by atoms with van der Waals surface area (Å²) in [5.74, 6) is -0.240. The maximum atomic E-state index is 12.8. The molecule has 0 N–H and O–H groups in total.